The number of carbonyl (C=O) groups excluding carboxylic acids is 1. The summed E-state index contributed by atoms with van der Waals surface area (Å²) in [7, 11) is 0. The lowest BCUT2D eigenvalue weighted by Crippen LogP contribution is -2.29. The summed E-state index contributed by atoms with van der Waals surface area (Å²) in [6.45, 7) is 5.25. The number of thiazole rings is 1. The fourth-order valence-electron chi connectivity index (χ4n) is 3.59. The van der Waals surface area contributed by atoms with Crippen molar-refractivity contribution < 1.29 is 4.79 Å². The maximum atomic E-state index is 12.7. The molecule has 1 aromatic carbocycles. The Morgan fingerprint density at radius 3 is 2.83 bits per heavy atom. The average molecular weight is 462 g/mol. The van der Waals surface area contributed by atoms with E-state index in [2.05, 4.69) is 29.3 Å². The first kappa shape index (κ1) is 20.5. The van der Waals surface area contributed by atoms with Gasteiger partial charge in [-0.1, -0.05) is 25.1 Å². The molecular formula is C21H20ClN3OS3. The third kappa shape index (κ3) is 3.85. The first-order valence-corrected chi connectivity index (χ1v) is 11.8. The molecule has 0 radical (unpaired) electrons. The van der Waals surface area contributed by atoms with E-state index in [1.807, 2.05) is 29.6 Å². The number of fused-ring (bicyclic) bond motifs is 2. The van der Waals surface area contributed by atoms with Crippen LogP contribution in [0.3, 0.4) is 0 Å². The first-order chi connectivity index (χ1) is 13.7. The summed E-state index contributed by atoms with van der Waals surface area (Å²) in [5, 5.41) is 7.05. The van der Waals surface area contributed by atoms with Crippen LogP contribution >= 0.6 is 46.4 Å². The Kier molecular flexibility index (Phi) is 6.03. The summed E-state index contributed by atoms with van der Waals surface area (Å²) < 4.78 is 1.18. The topological polar surface area (TPSA) is 45.2 Å². The molecule has 4 aromatic rings. The molecule has 0 aliphatic carbocycles. The van der Waals surface area contributed by atoms with Gasteiger partial charge in [-0.05, 0) is 42.1 Å². The zero-order valence-corrected chi connectivity index (χ0v) is 19.1. The van der Waals surface area contributed by atoms with Crippen molar-refractivity contribution in [2.45, 2.75) is 19.9 Å². The number of nitrogens with zero attached hydrogens (tertiary/aromatic N) is 2. The van der Waals surface area contributed by atoms with E-state index in [1.54, 1.807) is 22.7 Å². The molecule has 0 saturated heterocycles. The van der Waals surface area contributed by atoms with Gasteiger partial charge in [0.1, 0.15) is 10.0 Å². The van der Waals surface area contributed by atoms with Crippen LogP contribution in [0.4, 0.5) is 5.00 Å². The van der Waals surface area contributed by atoms with Crippen LogP contribution in [-0.2, 0) is 13.0 Å². The molecule has 1 amide bonds. The van der Waals surface area contributed by atoms with Crippen LogP contribution < -0.4 is 5.32 Å². The Morgan fingerprint density at radius 2 is 2.07 bits per heavy atom. The van der Waals surface area contributed by atoms with Crippen LogP contribution in [0.15, 0.2) is 41.8 Å². The van der Waals surface area contributed by atoms with Gasteiger partial charge in [-0.3, -0.25) is 9.69 Å². The molecule has 0 saturated carbocycles. The minimum Gasteiger partial charge on any atom is -0.312 e. The van der Waals surface area contributed by atoms with Crippen LogP contribution in [-0.4, -0.2) is 28.9 Å². The lowest BCUT2D eigenvalue weighted by molar-refractivity contribution is 0.103. The summed E-state index contributed by atoms with van der Waals surface area (Å²) in [5.41, 5.74) is 3.50. The third-order valence-corrected chi connectivity index (χ3v) is 8.12. The van der Waals surface area contributed by atoms with Crippen molar-refractivity contribution in [1.82, 2.24) is 9.88 Å². The van der Waals surface area contributed by atoms with Gasteiger partial charge in [0.05, 0.1) is 15.1 Å². The monoisotopic (exact) mass is 461 g/mol. The van der Waals surface area contributed by atoms with Crippen LogP contribution in [0, 0.1) is 0 Å². The van der Waals surface area contributed by atoms with Crippen molar-refractivity contribution in [2.24, 2.45) is 0 Å². The molecule has 0 bridgehead atoms. The molecule has 1 aliphatic heterocycles. The number of amides is 1. The lowest BCUT2D eigenvalue weighted by Gasteiger charge is -2.25. The Hall–Kier alpha value is -1.77. The van der Waals surface area contributed by atoms with Crippen LogP contribution in [0.1, 0.15) is 27.0 Å². The fraction of sp³-hybridized carbons (Fsp3) is 0.238. The van der Waals surface area contributed by atoms with E-state index in [4.69, 9.17) is 4.98 Å². The zero-order chi connectivity index (χ0) is 19.1. The zero-order valence-electron chi connectivity index (χ0n) is 15.8. The Labute approximate surface area is 187 Å². The Balaban J connectivity index is 0.00000205. The molecule has 0 spiro atoms. The summed E-state index contributed by atoms with van der Waals surface area (Å²) in [5.74, 6) is -0.0386. The van der Waals surface area contributed by atoms with Crippen molar-refractivity contribution in [1.29, 1.82) is 0 Å². The SMILES string of the molecule is CCN1CCc2c(sc(NC(=O)c3cccs3)c2-c2nc3ccccc3s2)C1.Cl. The maximum Gasteiger partial charge on any atom is 0.266 e. The average Bonchev–Trinajstić information content (AvgIpc) is 3.44. The highest BCUT2D eigenvalue weighted by molar-refractivity contribution is 7.23. The second-order valence-electron chi connectivity index (χ2n) is 6.74. The number of benzene rings is 1. The number of thiophene rings is 2. The number of para-hydroxylation sites is 1. The Morgan fingerprint density at radius 1 is 1.21 bits per heavy atom. The lowest BCUT2D eigenvalue weighted by atomic mass is 10.0. The molecule has 5 rings (SSSR count). The van der Waals surface area contributed by atoms with E-state index in [0.29, 0.717) is 0 Å². The largest absolute Gasteiger partial charge is 0.312 e. The normalized spacial score (nSPS) is 13.8. The van der Waals surface area contributed by atoms with Crippen molar-refractivity contribution >= 4 is 67.5 Å². The van der Waals surface area contributed by atoms with E-state index in [-0.39, 0.29) is 18.3 Å². The predicted octanol–water partition coefficient (Wildman–Crippen LogP) is 6.14. The number of hydrogen-bond donors (Lipinski definition) is 1. The molecule has 0 atom stereocenters. The smallest absolute Gasteiger partial charge is 0.266 e. The van der Waals surface area contributed by atoms with Crippen LogP contribution in [0.2, 0.25) is 0 Å². The van der Waals surface area contributed by atoms with E-state index in [0.717, 1.165) is 52.0 Å². The molecule has 1 aliphatic rings. The molecule has 8 heteroatoms. The molecule has 29 heavy (non-hydrogen) atoms. The second-order valence-corrected chi connectivity index (χ2v) is 9.83. The minimum atomic E-state index is -0.0386. The summed E-state index contributed by atoms with van der Waals surface area (Å²) in [4.78, 5) is 22.2. The number of halogens is 1. The van der Waals surface area contributed by atoms with Gasteiger partial charge in [-0.15, -0.1) is 46.4 Å². The molecule has 150 valence electrons. The fourth-order valence-corrected chi connectivity index (χ4v) is 6.61. The number of nitrogens with one attached hydrogen (secondary N) is 1. The second kappa shape index (κ2) is 8.53. The van der Waals surface area contributed by atoms with E-state index >= 15 is 0 Å². The highest BCUT2D eigenvalue weighted by atomic mass is 35.5. The quantitative estimate of drug-likeness (QED) is 0.397. The summed E-state index contributed by atoms with van der Waals surface area (Å²) >= 11 is 4.88. The number of anilines is 1. The van der Waals surface area contributed by atoms with Gasteiger partial charge in [-0.25, -0.2) is 4.98 Å². The van der Waals surface area contributed by atoms with Crippen LogP contribution in [0.25, 0.3) is 20.8 Å². The molecular weight excluding hydrogens is 442 g/mol. The number of likely N-dealkylation sites (N-methyl/N-ethyl adjacent to an activating group) is 1. The van der Waals surface area contributed by atoms with E-state index in [1.165, 1.54) is 26.5 Å². The standard InChI is InChI=1S/C21H19N3OS3.ClH/c1-2-24-10-9-13-17(12-24)28-21(23-19(25)16-8-5-11-26-16)18(13)20-22-14-6-3-4-7-15(14)27-20;/h3-8,11H,2,9-10,12H2,1H3,(H,23,25);1H. The van der Waals surface area contributed by atoms with E-state index < -0.39 is 0 Å². The van der Waals surface area contributed by atoms with Gasteiger partial charge in [0.25, 0.3) is 5.91 Å². The third-order valence-electron chi connectivity index (χ3n) is 5.06. The van der Waals surface area contributed by atoms with Gasteiger partial charge in [0.15, 0.2) is 0 Å². The maximum absolute atomic E-state index is 12.7. The summed E-state index contributed by atoms with van der Waals surface area (Å²) in [6.07, 6.45) is 1.000. The highest BCUT2D eigenvalue weighted by Crippen LogP contribution is 2.45. The van der Waals surface area contributed by atoms with Crippen molar-refractivity contribution in [2.75, 3.05) is 18.4 Å². The molecule has 0 fully saturated rings. The molecule has 4 nitrogen and oxygen atoms in total. The van der Waals surface area contributed by atoms with Crippen LogP contribution in [0.5, 0.6) is 0 Å². The number of hydrogen-bond acceptors (Lipinski definition) is 6. The van der Waals surface area contributed by atoms with Gasteiger partial charge < -0.3 is 5.32 Å². The van der Waals surface area contributed by atoms with Crippen molar-refractivity contribution in [3.8, 4) is 10.6 Å². The molecule has 3 aromatic heterocycles. The minimum absolute atomic E-state index is 0. The van der Waals surface area contributed by atoms with Gasteiger partial charge >= 0.3 is 0 Å². The number of carbonyl (C=O) groups is 1. The number of aromatic nitrogens is 1. The molecule has 1 N–H and O–H groups in total. The summed E-state index contributed by atoms with van der Waals surface area (Å²) in [6, 6.07) is 12.0. The van der Waals surface area contributed by atoms with E-state index in [9.17, 15) is 4.79 Å². The first-order valence-electron chi connectivity index (χ1n) is 9.30. The number of rotatable bonds is 4. The van der Waals surface area contributed by atoms with Gasteiger partial charge in [0, 0.05) is 23.5 Å². The predicted molar refractivity (Wildman–Crippen MR) is 127 cm³/mol. The van der Waals surface area contributed by atoms with Gasteiger partial charge in [0.2, 0.25) is 0 Å². The molecule has 0 unspecified atom stereocenters. The molecule has 4 heterocycles. The highest BCUT2D eigenvalue weighted by Gasteiger charge is 2.27. The van der Waals surface area contributed by atoms with Crippen molar-refractivity contribution in [3.63, 3.8) is 0 Å². The Bertz CT molecular complexity index is 1120. The van der Waals surface area contributed by atoms with Gasteiger partial charge in [-0.2, -0.15) is 0 Å². The van der Waals surface area contributed by atoms with Crippen molar-refractivity contribution in [3.05, 3.63) is 57.1 Å².